The van der Waals surface area contributed by atoms with Gasteiger partial charge >= 0.3 is 5.97 Å². The fourth-order valence-electron chi connectivity index (χ4n) is 3.85. The van der Waals surface area contributed by atoms with Crippen LogP contribution in [0.25, 0.3) is 0 Å². The van der Waals surface area contributed by atoms with Crippen LogP contribution in [0.2, 0.25) is 0 Å². The van der Waals surface area contributed by atoms with Crippen molar-refractivity contribution in [2.45, 2.75) is 44.4 Å². The predicted octanol–water partition coefficient (Wildman–Crippen LogP) is 2.28. The largest absolute Gasteiger partial charge is 0.458 e. The van der Waals surface area contributed by atoms with Crippen LogP contribution in [0.15, 0.2) is 30.3 Å². The van der Waals surface area contributed by atoms with E-state index in [-0.39, 0.29) is 29.8 Å². The van der Waals surface area contributed by atoms with E-state index in [0.717, 1.165) is 19.3 Å². The van der Waals surface area contributed by atoms with E-state index in [9.17, 15) is 9.59 Å². The van der Waals surface area contributed by atoms with Gasteiger partial charge in [-0.25, -0.2) is 4.79 Å². The minimum atomic E-state index is -0.323. The van der Waals surface area contributed by atoms with Crippen LogP contribution in [0.1, 0.15) is 36.5 Å². The molecule has 4 nitrogen and oxygen atoms in total. The molecule has 0 aromatic heterocycles. The molecule has 2 heterocycles. The smallest absolute Gasteiger partial charge is 0.338 e. The zero-order chi connectivity index (χ0) is 15.0. The Bertz CT molecular complexity index is 542. The molecular weight excluding hydrogens is 266 g/mol. The summed E-state index contributed by atoms with van der Waals surface area (Å²) in [7, 11) is 2.08. The molecule has 2 unspecified atom stereocenters. The molecular formula is C17H21NO3. The molecule has 0 spiro atoms. The summed E-state index contributed by atoms with van der Waals surface area (Å²) in [6.45, 7) is 1.61. The minimum absolute atomic E-state index is 0.123. The zero-order valence-corrected chi connectivity index (χ0v) is 12.5. The Balaban J connectivity index is 1.78. The number of fused-ring (bicyclic) bond motifs is 2. The quantitative estimate of drug-likeness (QED) is 0.800. The maximum atomic E-state index is 12.2. The van der Waals surface area contributed by atoms with Gasteiger partial charge in [0.1, 0.15) is 11.9 Å². The van der Waals surface area contributed by atoms with Gasteiger partial charge < -0.3 is 4.74 Å². The van der Waals surface area contributed by atoms with Crippen LogP contribution in [0, 0.1) is 5.92 Å². The Morgan fingerprint density at radius 1 is 1.19 bits per heavy atom. The number of rotatable bonds is 3. The Kier molecular flexibility index (Phi) is 3.81. The third kappa shape index (κ3) is 2.60. The molecule has 4 atom stereocenters. The highest BCUT2D eigenvalue weighted by molar-refractivity contribution is 5.90. The average molecular weight is 287 g/mol. The van der Waals surface area contributed by atoms with Crippen molar-refractivity contribution in [2.75, 3.05) is 7.05 Å². The van der Waals surface area contributed by atoms with Crippen LogP contribution in [0.3, 0.4) is 0 Å². The number of ketones is 1. The monoisotopic (exact) mass is 287 g/mol. The Labute approximate surface area is 125 Å². The average Bonchev–Trinajstić information content (AvgIpc) is 2.72. The van der Waals surface area contributed by atoms with Crippen molar-refractivity contribution >= 4 is 11.8 Å². The molecule has 2 aliphatic rings. The van der Waals surface area contributed by atoms with Gasteiger partial charge in [0.05, 0.1) is 11.5 Å². The predicted molar refractivity (Wildman–Crippen MR) is 79.0 cm³/mol. The van der Waals surface area contributed by atoms with Gasteiger partial charge in [-0.1, -0.05) is 18.2 Å². The number of hydrogen-bond acceptors (Lipinski definition) is 4. The zero-order valence-electron chi connectivity index (χ0n) is 12.5. The first kappa shape index (κ1) is 14.3. The minimum Gasteiger partial charge on any atom is -0.458 e. The van der Waals surface area contributed by atoms with Crippen molar-refractivity contribution in [3.05, 3.63) is 35.9 Å². The van der Waals surface area contributed by atoms with E-state index in [1.807, 2.05) is 18.2 Å². The van der Waals surface area contributed by atoms with E-state index in [0.29, 0.717) is 11.6 Å². The first-order chi connectivity index (χ1) is 10.1. The Morgan fingerprint density at radius 3 is 2.57 bits per heavy atom. The molecule has 0 radical (unpaired) electrons. The van der Waals surface area contributed by atoms with Gasteiger partial charge in [0.15, 0.2) is 0 Å². The maximum absolute atomic E-state index is 12.2. The number of benzene rings is 1. The lowest BCUT2D eigenvalue weighted by Gasteiger charge is -2.41. The molecule has 1 aromatic carbocycles. The second kappa shape index (κ2) is 5.60. The first-order valence-electron chi connectivity index (χ1n) is 7.56. The third-order valence-electron chi connectivity index (χ3n) is 4.95. The van der Waals surface area contributed by atoms with Gasteiger partial charge in [0.25, 0.3) is 0 Å². The summed E-state index contributed by atoms with van der Waals surface area (Å²) in [5.41, 5.74) is 0.547. The number of Topliss-reactive ketones (excluding diaryl/α,β-unsaturated/α-hetero) is 1. The summed E-state index contributed by atoms with van der Waals surface area (Å²) in [5, 5.41) is 0. The topological polar surface area (TPSA) is 46.6 Å². The number of esters is 1. The molecule has 4 heteroatoms. The standard InChI is InChI=1S/C17H21NO3/c1-11(19)16-14-9-8-13(18(14)2)10-15(16)21-17(20)12-6-4-3-5-7-12/h3-7,13-16H,8-10H2,1-2H3/t13?,14?,15-,16+/m0/s1. The van der Waals surface area contributed by atoms with Gasteiger partial charge in [0, 0.05) is 18.5 Å². The highest BCUT2D eigenvalue weighted by Crippen LogP contribution is 2.40. The molecule has 2 saturated heterocycles. The van der Waals surface area contributed by atoms with E-state index >= 15 is 0 Å². The Morgan fingerprint density at radius 2 is 1.90 bits per heavy atom. The fourth-order valence-corrected chi connectivity index (χ4v) is 3.85. The molecule has 2 fully saturated rings. The van der Waals surface area contributed by atoms with Crippen molar-refractivity contribution in [1.82, 2.24) is 4.90 Å². The second-order valence-corrected chi connectivity index (χ2v) is 6.15. The summed E-state index contributed by atoms with van der Waals surface area (Å²) in [6, 6.07) is 9.64. The van der Waals surface area contributed by atoms with Crippen LogP contribution in [0.4, 0.5) is 0 Å². The molecule has 0 saturated carbocycles. The summed E-state index contributed by atoms with van der Waals surface area (Å²) in [5.74, 6) is -0.393. The number of ether oxygens (including phenoxy) is 1. The van der Waals surface area contributed by atoms with Gasteiger partial charge in [-0.3, -0.25) is 9.69 Å². The van der Waals surface area contributed by atoms with Crippen molar-refractivity contribution in [1.29, 1.82) is 0 Å². The van der Waals surface area contributed by atoms with E-state index < -0.39 is 0 Å². The molecule has 1 aromatic rings. The molecule has 3 rings (SSSR count). The SMILES string of the molecule is CC(=O)[C@@H]1C2CCC(C[C@@H]1OC(=O)c1ccccc1)N2C. The number of carbonyl (C=O) groups is 2. The van der Waals surface area contributed by atoms with Crippen LogP contribution in [0.5, 0.6) is 0 Å². The second-order valence-electron chi connectivity index (χ2n) is 6.15. The van der Waals surface area contributed by atoms with Gasteiger partial charge in [-0.2, -0.15) is 0 Å². The molecule has 2 aliphatic heterocycles. The molecule has 112 valence electrons. The lowest BCUT2D eigenvalue weighted by molar-refractivity contribution is -0.130. The summed E-state index contributed by atoms with van der Waals surface area (Å²) < 4.78 is 5.69. The summed E-state index contributed by atoms with van der Waals surface area (Å²) in [6.07, 6.45) is 2.58. The molecule has 21 heavy (non-hydrogen) atoms. The lowest BCUT2D eigenvalue weighted by Crippen LogP contribution is -2.52. The van der Waals surface area contributed by atoms with Crippen LogP contribution in [-0.2, 0) is 9.53 Å². The van der Waals surface area contributed by atoms with Crippen molar-refractivity contribution in [3.63, 3.8) is 0 Å². The molecule has 0 N–H and O–H groups in total. The van der Waals surface area contributed by atoms with E-state index in [2.05, 4.69) is 11.9 Å². The van der Waals surface area contributed by atoms with E-state index in [1.165, 1.54) is 0 Å². The Hall–Kier alpha value is -1.68. The number of hydrogen-bond donors (Lipinski definition) is 0. The fraction of sp³-hybridized carbons (Fsp3) is 0.529. The maximum Gasteiger partial charge on any atom is 0.338 e. The highest BCUT2D eigenvalue weighted by Gasteiger charge is 2.49. The number of nitrogens with zero attached hydrogens (tertiary/aromatic N) is 1. The van der Waals surface area contributed by atoms with Crippen LogP contribution >= 0.6 is 0 Å². The van der Waals surface area contributed by atoms with Crippen molar-refractivity contribution < 1.29 is 14.3 Å². The van der Waals surface area contributed by atoms with Gasteiger partial charge in [-0.05, 0) is 38.9 Å². The van der Waals surface area contributed by atoms with Crippen LogP contribution in [-0.4, -0.2) is 41.9 Å². The van der Waals surface area contributed by atoms with E-state index in [4.69, 9.17) is 4.74 Å². The van der Waals surface area contributed by atoms with E-state index in [1.54, 1.807) is 19.1 Å². The van der Waals surface area contributed by atoms with Crippen molar-refractivity contribution in [2.24, 2.45) is 5.92 Å². The summed E-state index contributed by atoms with van der Waals surface area (Å²) >= 11 is 0. The van der Waals surface area contributed by atoms with Crippen molar-refractivity contribution in [3.8, 4) is 0 Å². The number of piperidine rings is 1. The molecule has 0 amide bonds. The van der Waals surface area contributed by atoms with Gasteiger partial charge in [0.2, 0.25) is 0 Å². The van der Waals surface area contributed by atoms with Crippen LogP contribution < -0.4 is 0 Å². The normalized spacial score (nSPS) is 31.9. The highest BCUT2D eigenvalue weighted by atomic mass is 16.5. The third-order valence-corrected chi connectivity index (χ3v) is 4.95. The lowest BCUT2D eigenvalue weighted by atomic mass is 9.85. The molecule has 2 bridgehead atoms. The molecule has 0 aliphatic carbocycles. The first-order valence-corrected chi connectivity index (χ1v) is 7.56. The summed E-state index contributed by atoms with van der Waals surface area (Å²) in [4.78, 5) is 26.6. The van der Waals surface area contributed by atoms with Gasteiger partial charge in [-0.15, -0.1) is 0 Å². The number of carbonyl (C=O) groups excluding carboxylic acids is 2.